The molecule has 0 radical (unpaired) electrons. The van der Waals surface area contributed by atoms with Gasteiger partial charge in [-0.05, 0) is 60.6 Å². The van der Waals surface area contributed by atoms with E-state index in [0.29, 0.717) is 5.92 Å². The topological polar surface area (TPSA) is 0 Å². The van der Waals surface area contributed by atoms with Crippen LogP contribution in [0.25, 0.3) is 11.1 Å². The molecule has 0 unspecified atom stereocenters. The smallest absolute Gasteiger partial charge is 0.131 e. The van der Waals surface area contributed by atoms with Crippen LogP contribution in [0.4, 0.5) is 4.39 Å². The van der Waals surface area contributed by atoms with Gasteiger partial charge in [0, 0.05) is 5.56 Å². The van der Waals surface area contributed by atoms with Crippen molar-refractivity contribution in [2.24, 2.45) is 11.8 Å². The van der Waals surface area contributed by atoms with E-state index in [4.69, 9.17) is 0 Å². The van der Waals surface area contributed by atoms with Crippen LogP contribution in [-0.2, 0) is 0 Å². The van der Waals surface area contributed by atoms with Crippen molar-refractivity contribution in [3.05, 3.63) is 59.9 Å². The number of hydrogen-bond acceptors (Lipinski definition) is 0. The second-order valence-electron chi connectivity index (χ2n) is 8.12. The van der Waals surface area contributed by atoms with E-state index in [1.54, 1.807) is 6.07 Å². The fourth-order valence-corrected chi connectivity index (χ4v) is 5.17. The Morgan fingerprint density at radius 3 is 2.04 bits per heavy atom. The average Bonchev–Trinajstić information content (AvgIpc) is 2.69. The van der Waals surface area contributed by atoms with Crippen LogP contribution in [0.2, 0.25) is 0 Å². The van der Waals surface area contributed by atoms with Gasteiger partial charge < -0.3 is 0 Å². The van der Waals surface area contributed by atoms with Gasteiger partial charge in [0.25, 0.3) is 0 Å². The van der Waals surface area contributed by atoms with E-state index in [-0.39, 0.29) is 5.82 Å². The van der Waals surface area contributed by atoms with Crippen molar-refractivity contribution in [3.63, 3.8) is 0 Å². The first-order chi connectivity index (χ1) is 12.3. The molecule has 0 N–H and O–H groups in total. The van der Waals surface area contributed by atoms with E-state index in [1.807, 2.05) is 36.4 Å². The highest BCUT2D eigenvalue weighted by Crippen LogP contribution is 2.43. The minimum Gasteiger partial charge on any atom is -0.206 e. The Morgan fingerprint density at radius 1 is 0.680 bits per heavy atom. The first-order valence-electron chi connectivity index (χ1n) is 10.2. The summed E-state index contributed by atoms with van der Waals surface area (Å²) in [5, 5.41) is 0. The van der Waals surface area contributed by atoms with Gasteiger partial charge in [-0.25, -0.2) is 4.39 Å². The van der Waals surface area contributed by atoms with E-state index in [0.717, 1.165) is 23.0 Å². The van der Waals surface area contributed by atoms with Gasteiger partial charge in [0.15, 0.2) is 0 Å². The Balaban J connectivity index is 1.42. The summed E-state index contributed by atoms with van der Waals surface area (Å²) in [7, 11) is 0. The average molecular weight is 336 g/mol. The van der Waals surface area contributed by atoms with Crippen molar-refractivity contribution in [2.75, 3.05) is 0 Å². The summed E-state index contributed by atoms with van der Waals surface area (Å²) in [6, 6.07) is 15.8. The number of benzene rings is 2. The Labute approximate surface area is 151 Å². The van der Waals surface area contributed by atoms with Crippen LogP contribution in [-0.4, -0.2) is 0 Å². The fraction of sp³-hybridized carbons (Fsp3) is 0.500. The van der Waals surface area contributed by atoms with E-state index >= 15 is 0 Å². The van der Waals surface area contributed by atoms with Crippen LogP contribution in [0.15, 0.2) is 48.5 Å². The third-order valence-electron chi connectivity index (χ3n) is 6.64. The minimum atomic E-state index is -0.0712. The summed E-state index contributed by atoms with van der Waals surface area (Å²) in [5.41, 5.74) is 2.90. The summed E-state index contributed by atoms with van der Waals surface area (Å²) in [6.45, 7) is 0. The molecule has 2 aromatic rings. The predicted octanol–water partition coefficient (Wildman–Crippen LogP) is 7.35. The first kappa shape index (κ1) is 16.8. The lowest BCUT2D eigenvalue weighted by molar-refractivity contribution is 0.186. The summed E-state index contributed by atoms with van der Waals surface area (Å²) in [6.07, 6.45) is 12.4. The molecule has 0 heterocycles. The lowest BCUT2D eigenvalue weighted by atomic mass is 9.70. The standard InChI is InChI=1S/C24H29F/c25-24-17-22(15-16-23(24)21-9-5-2-6-10-21)20-13-11-19(12-14-20)18-7-3-1-4-8-18/h2,5-6,9-10,15-20H,1,3-4,7-8,11-14H2. The molecule has 0 atom stereocenters. The monoisotopic (exact) mass is 336 g/mol. The van der Waals surface area contributed by atoms with Crippen molar-refractivity contribution in [3.8, 4) is 11.1 Å². The summed E-state index contributed by atoms with van der Waals surface area (Å²) in [4.78, 5) is 0. The molecule has 25 heavy (non-hydrogen) atoms. The van der Waals surface area contributed by atoms with Gasteiger partial charge in [0.1, 0.15) is 5.82 Å². The second-order valence-corrected chi connectivity index (χ2v) is 8.12. The van der Waals surface area contributed by atoms with Crippen molar-refractivity contribution >= 4 is 0 Å². The van der Waals surface area contributed by atoms with Gasteiger partial charge in [-0.3, -0.25) is 0 Å². The van der Waals surface area contributed by atoms with Gasteiger partial charge in [-0.15, -0.1) is 0 Å². The molecule has 2 aliphatic rings. The molecule has 2 fully saturated rings. The molecule has 0 saturated heterocycles. The fourth-order valence-electron chi connectivity index (χ4n) is 5.17. The van der Waals surface area contributed by atoms with Gasteiger partial charge in [-0.1, -0.05) is 74.6 Å². The van der Waals surface area contributed by atoms with Crippen LogP contribution >= 0.6 is 0 Å². The third-order valence-corrected chi connectivity index (χ3v) is 6.64. The molecular formula is C24H29F. The molecular weight excluding hydrogens is 307 g/mol. The van der Waals surface area contributed by atoms with Crippen LogP contribution < -0.4 is 0 Å². The van der Waals surface area contributed by atoms with E-state index in [2.05, 4.69) is 6.07 Å². The zero-order valence-electron chi connectivity index (χ0n) is 15.1. The molecule has 0 spiro atoms. The lowest BCUT2D eigenvalue weighted by Gasteiger charge is -2.36. The molecule has 2 aromatic carbocycles. The van der Waals surface area contributed by atoms with E-state index in [1.165, 1.54) is 63.4 Å². The first-order valence-corrected chi connectivity index (χ1v) is 10.2. The van der Waals surface area contributed by atoms with E-state index < -0.39 is 0 Å². The van der Waals surface area contributed by atoms with Crippen LogP contribution in [0.5, 0.6) is 0 Å². The molecule has 2 aliphatic carbocycles. The second kappa shape index (κ2) is 7.72. The molecule has 132 valence electrons. The van der Waals surface area contributed by atoms with Crippen molar-refractivity contribution in [1.82, 2.24) is 0 Å². The molecule has 0 bridgehead atoms. The highest BCUT2D eigenvalue weighted by atomic mass is 19.1. The maximum Gasteiger partial charge on any atom is 0.131 e. The van der Waals surface area contributed by atoms with Crippen molar-refractivity contribution < 1.29 is 4.39 Å². The minimum absolute atomic E-state index is 0.0712. The number of halogens is 1. The normalized spacial score (nSPS) is 25.0. The Kier molecular flexibility index (Phi) is 5.20. The maximum absolute atomic E-state index is 14.7. The highest BCUT2D eigenvalue weighted by molar-refractivity contribution is 5.64. The highest BCUT2D eigenvalue weighted by Gasteiger charge is 2.29. The van der Waals surface area contributed by atoms with Crippen molar-refractivity contribution in [1.29, 1.82) is 0 Å². The lowest BCUT2D eigenvalue weighted by Crippen LogP contribution is -2.23. The van der Waals surface area contributed by atoms with Crippen LogP contribution in [0.1, 0.15) is 69.3 Å². The molecule has 2 saturated carbocycles. The SMILES string of the molecule is Fc1cc(C2CCC(C3CCCCC3)CC2)ccc1-c1ccccc1. The molecule has 0 aromatic heterocycles. The predicted molar refractivity (Wildman–Crippen MR) is 103 cm³/mol. The molecule has 0 aliphatic heterocycles. The molecule has 0 nitrogen and oxygen atoms in total. The maximum atomic E-state index is 14.7. The van der Waals surface area contributed by atoms with Crippen molar-refractivity contribution in [2.45, 2.75) is 63.7 Å². The summed E-state index contributed by atoms with van der Waals surface area (Å²) >= 11 is 0. The zero-order valence-corrected chi connectivity index (χ0v) is 15.1. The zero-order chi connectivity index (χ0) is 17.1. The number of hydrogen-bond donors (Lipinski definition) is 0. The summed E-state index contributed by atoms with van der Waals surface area (Å²) < 4.78 is 14.7. The Hall–Kier alpha value is -1.63. The van der Waals surface area contributed by atoms with E-state index in [9.17, 15) is 4.39 Å². The largest absolute Gasteiger partial charge is 0.206 e. The third kappa shape index (κ3) is 3.81. The molecule has 1 heteroatoms. The number of rotatable bonds is 3. The van der Waals surface area contributed by atoms with Gasteiger partial charge in [0.05, 0.1) is 0 Å². The van der Waals surface area contributed by atoms with Gasteiger partial charge in [0.2, 0.25) is 0 Å². The van der Waals surface area contributed by atoms with Crippen LogP contribution in [0.3, 0.4) is 0 Å². The van der Waals surface area contributed by atoms with Gasteiger partial charge in [-0.2, -0.15) is 0 Å². The van der Waals surface area contributed by atoms with Crippen LogP contribution in [0, 0.1) is 17.7 Å². The Morgan fingerprint density at radius 2 is 1.36 bits per heavy atom. The quantitative estimate of drug-likeness (QED) is 0.549. The molecule has 0 amide bonds. The summed E-state index contributed by atoms with van der Waals surface area (Å²) in [5.74, 6) is 2.40. The Bertz CT molecular complexity index is 676. The molecule has 4 rings (SSSR count). The van der Waals surface area contributed by atoms with Gasteiger partial charge >= 0.3 is 0 Å².